The van der Waals surface area contributed by atoms with Crippen molar-refractivity contribution in [3.63, 3.8) is 0 Å². The van der Waals surface area contributed by atoms with Gasteiger partial charge in [-0.3, -0.25) is 4.79 Å². The fraction of sp³-hybridized carbons (Fsp3) is 0.462. The van der Waals surface area contributed by atoms with Gasteiger partial charge in [-0.25, -0.2) is 0 Å². The van der Waals surface area contributed by atoms with E-state index in [9.17, 15) is 4.79 Å². The maximum atomic E-state index is 10.8. The van der Waals surface area contributed by atoms with E-state index in [-0.39, 0.29) is 12.3 Å². The smallest absolute Gasteiger partial charge is 0.303 e. The molecule has 92 valence electrons. The molecule has 0 aromatic heterocycles. The lowest BCUT2D eigenvalue weighted by Crippen LogP contribution is -2.03. The van der Waals surface area contributed by atoms with Crippen molar-refractivity contribution in [1.82, 2.24) is 0 Å². The van der Waals surface area contributed by atoms with Gasteiger partial charge in [-0.15, -0.1) is 0 Å². The fourth-order valence-electron chi connectivity index (χ4n) is 2.44. The Bertz CT molecular complexity index is 439. The molecule has 1 aromatic carbocycles. The zero-order chi connectivity index (χ0) is 12.4. The predicted octanol–water partition coefficient (Wildman–Crippen LogP) is 2.21. The number of aliphatic carboxylic acids is 1. The summed E-state index contributed by atoms with van der Waals surface area (Å²) in [5, 5.41) is 8.87. The number of carbonyl (C=O) groups is 1. The molecule has 2 rings (SSSR count). The van der Waals surface area contributed by atoms with Crippen LogP contribution in [-0.4, -0.2) is 25.3 Å². The van der Waals surface area contributed by atoms with Gasteiger partial charge in [0.1, 0.15) is 0 Å². The number of methoxy groups -OCH3 is 2. The Kier molecular flexibility index (Phi) is 3.22. The van der Waals surface area contributed by atoms with Crippen LogP contribution in [0.5, 0.6) is 11.5 Å². The molecule has 0 spiro atoms. The first kappa shape index (κ1) is 11.8. The van der Waals surface area contributed by atoms with Crippen molar-refractivity contribution >= 4 is 5.97 Å². The molecule has 0 radical (unpaired) electrons. The van der Waals surface area contributed by atoms with Gasteiger partial charge in [-0.05, 0) is 42.0 Å². The standard InChI is InChI=1S/C13H16O4/c1-16-11-5-8-3-4-9(6-13(14)15)10(8)7-12(11)17-2/h5,7,9H,3-4,6H2,1-2H3,(H,14,15)/t9-/m0/s1. The average Bonchev–Trinajstić information content (AvgIpc) is 2.69. The highest BCUT2D eigenvalue weighted by Gasteiger charge is 2.26. The fourth-order valence-corrected chi connectivity index (χ4v) is 2.44. The molecule has 1 N–H and O–H groups in total. The minimum Gasteiger partial charge on any atom is -0.493 e. The van der Waals surface area contributed by atoms with Crippen molar-refractivity contribution in [2.45, 2.75) is 25.2 Å². The van der Waals surface area contributed by atoms with Gasteiger partial charge in [0.2, 0.25) is 0 Å². The summed E-state index contributed by atoms with van der Waals surface area (Å²) in [5.41, 5.74) is 2.26. The second-order valence-electron chi connectivity index (χ2n) is 4.24. The lowest BCUT2D eigenvalue weighted by Gasteiger charge is -2.13. The first-order valence-electron chi connectivity index (χ1n) is 5.62. The highest BCUT2D eigenvalue weighted by molar-refractivity contribution is 5.68. The molecule has 1 aliphatic rings. The van der Waals surface area contributed by atoms with E-state index in [1.165, 1.54) is 5.56 Å². The zero-order valence-corrected chi connectivity index (χ0v) is 10.0. The Morgan fingerprint density at radius 1 is 1.35 bits per heavy atom. The van der Waals surface area contributed by atoms with Crippen LogP contribution < -0.4 is 9.47 Å². The quantitative estimate of drug-likeness (QED) is 0.870. The largest absolute Gasteiger partial charge is 0.493 e. The lowest BCUT2D eigenvalue weighted by molar-refractivity contribution is -0.137. The minimum atomic E-state index is -0.752. The summed E-state index contributed by atoms with van der Waals surface area (Å²) in [6, 6.07) is 3.87. The summed E-state index contributed by atoms with van der Waals surface area (Å²) in [7, 11) is 3.19. The van der Waals surface area contributed by atoms with Gasteiger partial charge in [0.05, 0.1) is 20.6 Å². The summed E-state index contributed by atoms with van der Waals surface area (Å²) < 4.78 is 10.5. The Morgan fingerprint density at radius 2 is 2.00 bits per heavy atom. The molecule has 1 aromatic rings. The molecule has 4 nitrogen and oxygen atoms in total. The number of aryl methyl sites for hydroxylation is 1. The number of fused-ring (bicyclic) bond motifs is 1. The Hall–Kier alpha value is -1.71. The van der Waals surface area contributed by atoms with Crippen LogP contribution in [0.25, 0.3) is 0 Å². The molecule has 1 aliphatic carbocycles. The minimum absolute atomic E-state index is 0.0994. The third-order valence-electron chi connectivity index (χ3n) is 3.27. The van der Waals surface area contributed by atoms with Gasteiger partial charge in [0.15, 0.2) is 11.5 Å². The summed E-state index contributed by atoms with van der Waals surface area (Å²) in [4.78, 5) is 10.8. The maximum absolute atomic E-state index is 10.8. The van der Waals surface area contributed by atoms with E-state index >= 15 is 0 Å². The van der Waals surface area contributed by atoms with E-state index in [4.69, 9.17) is 14.6 Å². The number of rotatable bonds is 4. The van der Waals surface area contributed by atoms with Crippen molar-refractivity contribution in [2.75, 3.05) is 14.2 Å². The molecule has 0 amide bonds. The van der Waals surface area contributed by atoms with Crippen molar-refractivity contribution in [1.29, 1.82) is 0 Å². The number of carboxylic acid groups (broad SMARTS) is 1. The van der Waals surface area contributed by atoms with Crippen molar-refractivity contribution < 1.29 is 19.4 Å². The van der Waals surface area contributed by atoms with Crippen LogP contribution in [0.4, 0.5) is 0 Å². The van der Waals surface area contributed by atoms with Crippen LogP contribution in [0.15, 0.2) is 12.1 Å². The first-order chi connectivity index (χ1) is 8.15. The zero-order valence-electron chi connectivity index (χ0n) is 10.0. The summed E-state index contributed by atoms with van der Waals surface area (Å²) in [6.07, 6.45) is 1.98. The number of ether oxygens (including phenoxy) is 2. The average molecular weight is 236 g/mol. The molecule has 0 aliphatic heterocycles. The van der Waals surface area contributed by atoms with E-state index in [1.54, 1.807) is 14.2 Å². The molecule has 0 heterocycles. The SMILES string of the molecule is COc1cc2c(cc1OC)[C@H](CC(=O)O)CC2. The summed E-state index contributed by atoms with van der Waals surface area (Å²) in [5.74, 6) is 0.728. The molecule has 0 saturated heterocycles. The van der Waals surface area contributed by atoms with E-state index in [1.807, 2.05) is 12.1 Å². The normalized spacial score (nSPS) is 17.6. The van der Waals surface area contributed by atoms with Crippen molar-refractivity contribution in [3.05, 3.63) is 23.3 Å². The van der Waals surface area contributed by atoms with Crippen LogP contribution in [0.3, 0.4) is 0 Å². The van der Waals surface area contributed by atoms with Gasteiger partial charge >= 0.3 is 5.97 Å². The number of hydrogen-bond acceptors (Lipinski definition) is 3. The van der Waals surface area contributed by atoms with Crippen LogP contribution in [0.1, 0.15) is 29.9 Å². The van der Waals surface area contributed by atoms with Gasteiger partial charge in [-0.2, -0.15) is 0 Å². The van der Waals surface area contributed by atoms with E-state index in [0.29, 0.717) is 11.5 Å². The Morgan fingerprint density at radius 3 is 2.59 bits per heavy atom. The summed E-state index contributed by atoms with van der Waals surface area (Å²) in [6.45, 7) is 0. The van der Waals surface area contributed by atoms with Crippen LogP contribution in [-0.2, 0) is 11.2 Å². The second kappa shape index (κ2) is 4.65. The van der Waals surface area contributed by atoms with Crippen LogP contribution >= 0.6 is 0 Å². The predicted molar refractivity (Wildman–Crippen MR) is 62.9 cm³/mol. The van der Waals surface area contributed by atoms with Crippen molar-refractivity contribution in [3.8, 4) is 11.5 Å². The molecule has 17 heavy (non-hydrogen) atoms. The molecule has 1 atom stereocenters. The lowest BCUT2D eigenvalue weighted by atomic mass is 9.97. The van der Waals surface area contributed by atoms with Gasteiger partial charge < -0.3 is 14.6 Å². The van der Waals surface area contributed by atoms with Crippen LogP contribution in [0.2, 0.25) is 0 Å². The third-order valence-corrected chi connectivity index (χ3v) is 3.27. The maximum Gasteiger partial charge on any atom is 0.303 e. The monoisotopic (exact) mass is 236 g/mol. The highest BCUT2D eigenvalue weighted by atomic mass is 16.5. The second-order valence-corrected chi connectivity index (χ2v) is 4.24. The van der Waals surface area contributed by atoms with Gasteiger partial charge in [-0.1, -0.05) is 0 Å². The summed E-state index contributed by atoms with van der Waals surface area (Å²) >= 11 is 0. The van der Waals surface area contributed by atoms with E-state index < -0.39 is 5.97 Å². The molecular weight excluding hydrogens is 220 g/mol. The van der Waals surface area contributed by atoms with E-state index in [2.05, 4.69) is 0 Å². The topological polar surface area (TPSA) is 55.8 Å². The number of benzene rings is 1. The van der Waals surface area contributed by atoms with Gasteiger partial charge in [0.25, 0.3) is 0 Å². The Labute approximate surface area is 100 Å². The van der Waals surface area contributed by atoms with Crippen molar-refractivity contribution in [2.24, 2.45) is 0 Å². The number of hydrogen-bond donors (Lipinski definition) is 1. The molecule has 0 saturated carbocycles. The molecule has 0 unspecified atom stereocenters. The molecular formula is C13H16O4. The molecule has 0 fully saturated rings. The van der Waals surface area contributed by atoms with Gasteiger partial charge in [0, 0.05) is 0 Å². The third kappa shape index (κ3) is 2.20. The molecule has 4 heteroatoms. The first-order valence-corrected chi connectivity index (χ1v) is 5.62. The highest BCUT2D eigenvalue weighted by Crippen LogP contribution is 2.41. The van der Waals surface area contributed by atoms with E-state index in [0.717, 1.165) is 18.4 Å². The number of carboxylic acids is 1. The molecule has 0 bridgehead atoms. The Balaban J connectivity index is 2.35. The van der Waals surface area contributed by atoms with Crippen LogP contribution in [0, 0.1) is 0 Å².